The molecule has 7 nitrogen and oxygen atoms in total. The largest absolute Gasteiger partial charge is 0.444 e. The number of nitrogens with one attached hydrogen (secondary N) is 2. The molecule has 1 atom stereocenters. The van der Waals surface area contributed by atoms with Gasteiger partial charge in [-0.25, -0.2) is 9.18 Å². The molecule has 1 aromatic rings. The minimum Gasteiger partial charge on any atom is -0.444 e. The van der Waals surface area contributed by atoms with Crippen LogP contribution in [0.4, 0.5) is 9.18 Å². The van der Waals surface area contributed by atoms with Gasteiger partial charge in [0.1, 0.15) is 11.4 Å². The lowest BCUT2D eigenvalue weighted by atomic mass is 9.79. The van der Waals surface area contributed by atoms with E-state index in [0.29, 0.717) is 18.4 Å². The van der Waals surface area contributed by atoms with Crippen LogP contribution in [0.3, 0.4) is 0 Å². The molecule has 0 aromatic heterocycles. The molecule has 8 heteroatoms. The van der Waals surface area contributed by atoms with E-state index in [-0.39, 0.29) is 24.2 Å². The van der Waals surface area contributed by atoms with Crippen molar-refractivity contribution < 1.29 is 23.9 Å². The first-order chi connectivity index (χ1) is 15.1. The van der Waals surface area contributed by atoms with E-state index in [1.807, 2.05) is 27.7 Å². The molecular formula is C25H37FN3O4. The average Bonchev–Trinajstić information content (AvgIpc) is 2.64. The van der Waals surface area contributed by atoms with E-state index >= 15 is 0 Å². The molecular weight excluding hydrogens is 425 g/mol. The van der Waals surface area contributed by atoms with E-state index in [9.17, 15) is 19.2 Å². The normalized spacial score (nSPS) is 19.8. The molecule has 0 unspecified atom stereocenters. The quantitative estimate of drug-likeness (QED) is 0.593. The fourth-order valence-electron chi connectivity index (χ4n) is 4.31. The van der Waals surface area contributed by atoms with Crippen LogP contribution in [0.15, 0.2) is 36.4 Å². The van der Waals surface area contributed by atoms with Crippen LogP contribution < -0.4 is 10.6 Å². The molecule has 0 saturated carbocycles. The Morgan fingerprint density at radius 2 is 1.70 bits per heavy atom. The molecule has 1 aromatic carbocycles. The molecule has 2 rings (SSSR count). The van der Waals surface area contributed by atoms with Gasteiger partial charge in [0.25, 0.3) is 0 Å². The van der Waals surface area contributed by atoms with Crippen LogP contribution in [0.2, 0.25) is 0 Å². The Hall–Kier alpha value is -2.45. The lowest BCUT2D eigenvalue weighted by molar-refractivity contribution is -0.290. The van der Waals surface area contributed by atoms with Gasteiger partial charge in [0.2, 0.25) is 5.91 Å². The van der Waals surface area contributed by atoms with Gasteiger partial charge in [0.15, 0.2) is 0 Å². The summed E-state index contributed by atoms with van der Waals surface area (Å²) in [4.78, 5) is 24.8. The Morgan fingerprint density at radius 3 is 2.21 bits per heavy atom. The van der Waals surface area contributed by atoms with E-state index in [4.69, 9.17) is 4.74 Å². The molecule has 2 N–H and O–H groups in total. The lowest BCUT2D eigenvalue weighted by Gasteiger charge is -2.50. The summed E-state index contributed by atoms with van der Waals surface area (Å²) in [5.74, 6) is -0.551. The van der Waals surface area contributed by atoms with E-state index in [2.05, 4.69) is 10.6 Å². The molecule has 1 aliphatic rings. The van der Waals surface area contributed by atoms with Crippen molar-refractivity contribution in [1.29, 1.82) is 0 Å². The van der Waals surface area contributed by atoms with Crippen LogP contribution >= 0.6 is 0 Å². The summed E-state index contributed by atoms with van der Waals surface area (Å²) in [6.07, 6.45) is 3.97. The lowest BCUT2D eigenvalue weighted by Crippen LogP contribution is -2.62. The number of ether oxygens (including phenoxy) is 1. The number of benzene rings is 1. The first-order valence-electron chi connectivity index (χ1n) is 11.3. The third kappa shape index (κ3) is 8.12. The SMILES string of the molecule is CC(C)(C)OC(=O)N[C@H](/C=C/CC(=O)NC1CC(C)(C)N([O])C(C)(C)C1)c1ccc(F)cc1. The Kier molecular flexibility index (Phi) is 8.30. The summed E-state index contributed by atoms with van der Waals surface area (Å²) >= 11 is 0. The predicted molar refractivity (Wildman–Crippen MR) is 124 cm³/mol. The van der Waals surface area contributed by atoms with Gasteiger partial charge in [-0.15, -0.1) is 10.3 Å². The smallest absolute Gasteiger partial charge is 0.408 e. The van der Waals surface area contributed by atoms with Crippen molar-refractivity contribution in [1.82, 2.24) is 15.7 Å². The first kappa shape index (κ1) is 26.8. The second kappa shape index (κ2) is 10.2. The number of halogens is 1. The predicted octanol–water partition coefficient (Wildman–Crippen LogP) is 4.82. The Morgan fingerprint density at radius 1 is 1.15 bits per heavy atom. The van der Waals surface area contributed by atoms with Crippen LogP contribution in [0.5, 0.6) is 0 Å². The zero-order chi connectivity index (χ0) is 25.0. The van der Waals surface area contributed by atoms with Crippen molar-refractivity contribution >= 4 is 12.0 Å². The van der Waals surface area contributed by atoms with Crippen molar-refractivity contribution in [2.75, 3.05) is 0 Å². The van der Waals surface area contributed by atoms with Crippen molar-refractivity contribution in [3.05, 3.63) is 47.8 Å². The first-order valence-corrected chi connectivity index (χ1v) is 11.3. The van der Waals surface area contributed by atoms with Gasteiger partial charge in [0, 0.05) is 23.5 Å². The summed E-state index contributed by atoms with van der Waals surface area (Å²) in [5, 5.41) is 19.4. The van der Waals surface area contributed by atoms with Crippen molar-refractivity contribution in [2.45, 2.75) is 96.5 Å². The molecule has 1 aliphatic heterocycles. The number of hydroxylamine groups is 2. The minimum atomic E-state index is -0.664. The summed E-state index contributed by atoms with van der Waals surface area (Å²) in [5.41, 5.74) is -1.14. The molecule has 1 heterocycles. The number of hydrogen-bond donors (Lipinski definition) is 2. The molecule has 0 aliphatic carbocycles. The summed E-state index contributed by atoms with van der Waals surface area (Å²) in [6, 6.07) is 5.08. The topological polar surface area (TPSA) is 90.6 Å². The number of rotatable bonds is 6. The molecule has 2 amide bonds. The van der Waals surface area contributed by atoms with Gasteiger partial charge >= 0.3 is 6.09 Å². The van der Waals surface area contributed by atoms with E-state index < -0.39 is 28.8 Å². The summed E-state index contributed by atoms with van der Waals surface area (Å²) in [6.45, 7) is 12.8. The zero-order valence-electron chi connectivity index (χ0n) is 20.7. The second-order valence-corrected chi connectivity index (χ2v) is 10.9. The molecule has 1 radical (unpaired) electrons. The minimum absolute atomic E-state index is 0.103. The third-order valence-corrected chi connectivity index (χ3v) is 5.49. The number of carbonyl (C=O) groups is 2. The van der Waals surface area contributed by atoms with E-state index in [1.165, 1.54) is 12.1 Å². The van der Waals surface area contributed by atoms with E-state index in [0.717, 1.165) is 5.06 Å². The van der Waals surface area contributed by atoms with Gasteiger partial charge < -0.3 is 15.4 Å². The second-order valence-electron chi connectivity index (χ2n) is 10.9. The number of hydrogen-bond acceptors (Lipinski definition) is 4. The number of piperidine rings is 1. The third-order valence-electron chi connectivity index (χ3n) is 5.49. The number of alkyl carbamates (subject to hydrolysis) is 1. The average molecular weight is 463 g/mol. The van der Waals surface area contributed by atoms with E-state index in [1.54, 1.807) is 45.1 Å². The molecule has 1 saturated heterocycles. The van der Waals surface area contributed by atoms with Crippen molar-refractivity contribution in [2.24, 2.45) is 0 Å². The zero-order valence-corrected chi connectivity index (χ0v) is 20.7. The standard InChI is InChI=1S/C25H37FN3O4/c1-23(2,3)33-22(31)28-20(17-11-13-18(26)14-12-17)9-8-10-21(30)27-19-15-24(4,5)29(32)25(6,7)16-19/h8-9,11-14,19-20H,10,15-16H2,1-7H3,(H,27,30)(H,28,31)/b9-8+/t20-/m1/s1. The fraction of sp³-hybridized carbons (Fsp3) is 0.600. The summed E-state index contributed by atoms with van der Waals surface area (Å²) < 4.78 is 18.7. The Bertz CT molecular complexity index is 841. The number of nitrogens with zero attached hydrogens (tertiary/aromatic N) is 1. The number of carbonyl (C=O) groups excluding carboxylic acids is 2. The highest BCUT2D eigenvalue weighted by Gasteiger charge is 2.46. The molecule has 183 valence electrons. The highest BCUT2D eigenvalue weighted by atomic mass is 19.1. The van der Waals surface area contributed by atoms with Crippen LogP contribution in [0.1, 0.15) is 79.3 Å². The molecule has 0 bridgehead atoms. The van der Waals surface area contributed by atoms with Gasteiger partial charge in [-0.2, -0.15) is 0 Å². The highest BCUT2D eigenvalue weighted by Crippen LogP contribution is 2.37. The highest BCUT2D eigenvalue weighted by molar-refractivity contribution is 5.78. The van der Waals surface area contributed by atoms with Gasteiger partial charge in [-0.3, -0.25) is 4.79 Å². The van der Waals surface area contributed by atoms with Gasteiger partial charge in [0.05, 0.1) is 6.04 Å². The van der Waals surface area contributed by atoms with Crippen LogP contribution in [0, 0.1) is 5.82 Å². The maximum Gasteiger partial charge on any atom is 0.408 e. The Balaban J connectivity index is 2.03. The monoisotopic (exact) mass is 462 g/mol. The number of amides is 2. The fourth-order valence-corrected chi connectivity index (χ4v) is 4.31. The van der Waals surface area contributed by atoms with Gasteiger partial charge in [-0.05, 0) is 79.0 Å². The van der Waals surface area contributed by atoms with Crippen LogP contribution in [-0.2, 0) is 14.7 Å². The van der Waals surface area contributed by atoms with Gasteiger partial charge in [-0.1, -0.05) is 24.3 Å². The summed E-state index contributed by atoms with van der Waals surface area (Å²) in [7, 11) is 0. The molecule has 33 heavy (non-hydrogen) atoms. The molecule has 1 fully saturated rings. The van der Waals surface area contributed by atoms with Crippen molar-refractivity contribution in [3.8, 4) is 0 Å². The van der Waals surface area contributed by atoms with Crippen LogP contribution in [0.25, 0.3) is 0 Å². The van der Waals surface area contributed by atoms with Crippen LogP contribution in [-0.4, -0.2) is 39.8 Å². The maximum absolute atomic E-state index is 13.3. The molecule has 0 spiro atoms. The van der Waals surface area contributed by atoms with Crippen molar-refractivity contribution in [3.63, 3.8) is 0 Å². The maximum atomic E-state index is 13.3. The Labute approximate surface area is 196 Å².